The Hall–Kier alpha value is -2.61. The van der Waals surface area contributed by atoms with Crippen molar-refractivity contribution in [1.82, 2.24) is 0 Å². The lowest BCUT2D eigenvalue weighted by atomic mass is 10.1. The van der Waals surface area contributed by atoms with Gasteiger partial charge in [0.1, 0.15) is 17.6 Å². The number of ether oxygens (including phenoxy) is 1. The number of amides is 1. The Balaban J connectivity index is 2.20. The van der Waals surface area contributed by atoms with Crippen LogP contribution >= 0.6 is 0 Å². The molecular formula is C19H21FN2O4S. The smallest absolute Gasteiger partial charge is 0.265 e. The number of hydrogen-bond donors (Lipinski definition) is 0. The average Bonchev–Trinajstić information content (AvgIpc) is 2.67. The van der Waals surface area contributed by atoms with Crippen molar-refractivity contribution in [2.45, 2.75) is 31.2 Å². The number of benzene rings is 2. The van der Waals surface area contributed by atoms with Gasteiger partial charge >= 0.3 is 0 Å². The summed E-state index contributed by atoms with van der Waals surface area (Å²) < 4.78 is 46.7. The molecule has 0 unspecified atom stereocenters. The Bertz CT molecular complexity index is 960. The van der Waals surface area contributed by atoms with Crippen molar-refractivity contribution in [3.05, 3.63) is 48.3 Å². The number of carbonyl (C=O) groups is 1. The van der Waals surface area contributed by atoms with Crippen molar-refractivity contribution in [2.24, 2.45) is 0 Å². The zero-order valence-electron chi connectivity index (χ0n) is 15.3. The van der Waals surface area contributed by atoms with E-state index in [2.05, 4.69) is 0 Å². The molecule has 1 heterocycles. The van der Waals surface area contributed by atoms with Crippen LogP contribution in [0.15, 0.2) is 47.4 Å². The van der Waals surface area contributed by atoms with Gasteiger partial charge in [-0.15, -0.1) is 0 Å². The Morgan fingerprint density at radius 3 is 2.30 bits per heavy atom. The maximum absolute atomic E-state index is 13.8. The van der Waals surface area contributed by atoms with Crippen LogP contribution in [0, 0.1) is 5.82 Å². The third-order valence-corrected chi connectivity index (χ3v) is 6.46. The summed E-state index contributed by atoms with van der Waals surface area (Å²) in [5.74, 6) is -0.373. The number of carbonyl (C=O) groups excluding carboxylic acids is 1. The quantitative estimate of drug-likeness (QED) is 0.784. The summed E-state index contributed by atoms with van der Waals surface area (Å²) in [6.07, 6.45) is 0.293. The molecule has 0 fully saturated rings. The predicted octanol–water partition coefficient (Wildman–Crippen LogP) is 3.17. The second kappa shape index (κ2) is 7.19. The molecule has 0 saturated carbocycles. The van der Waals surface area contributed by atoms with Crippen molar-refractivity contribution in [1.29, 1.82) is 0 Å². The van der Waals surface area contributed by atoms with Crippen molar-refractivity contribution in [3.8, 4) is 5.75 Å². The predicted molar refractivity (Wildman–Crippen MR) is 101 cm³/mol. The average molecular weight is 392 g/mol. The maximum atomic E-state index is 13.8. The van der Waals surface area contributed by atoms with Gasteiger partial charge in [0, 0.05) is 6.54 Å². The minimum atomic E-state index is -4.03. The number of likely N-dealkylation sites (N-methyl/N-ethyl adjacent to an activating group) is 1. The van der Waals surface area contributed by atoms with E-state index in [1.165, 1.54) is 42.3 Å². The first kappa shape index (κ1) is 19.2. The molecule has 1 amide bonds. The number of halogens is 1. The monoisotopic (exact) mass is 392 g/mol. The van der Waals surface area contributed by atoms with Crippen LogP contribution in [0.5, 0.6) is 5.75 Å². The van der Waals surface area contributed by atoms with Crippen LogP contribution in [0.3, 0.4) is 0 Å². The van der Waals surface area contributed by atoms with E-state index in [1.54, 1.807) is 26.0 Å². The highest BCUT2D eigenvalue weighted by Crippen LogP contribution is 2.40. The molecule has 27 heavy (non-hydrogen) atoms. The summed E-state index contributed by atoms with van der Waals surface area (Å²) in [4.78, 5) is 14.4. The van der Waals surface area contributed by atoms with E-state index in [0.29, 0.717) is 24.4 Å². The number of sulfonamides is 1. The Labute approximate surface area is 158 Å². The van der Waals surface area contributed by atoms with Crippen molar-refractivity contribution in [3.63, 3.8) is 0 Å². The molecule has 144 valence electrons. The normalized spacial score (nSPS) is 17.0. The van der Waals surface area contributed by atoms with Crippen molar-refractivity contribution in [2.75, 3.05) is 22.9 Å². The number of fused-ring (bicyclic) bond motifs is 1. The highest BCUT2D eigenvalue weighted by molar-refractivity contribution is 7.93. The van der Waals surface area contributed by atoms with Crippen LogP contribution < -0.4 is 13.9 Å². The molecule has 6 nitrogen and oxygen atoms in total. The molecule has 0 aromatic heterocycles. The number of hydrogen-bond acceptors (Lipinski definition) is 4. The zero-order chi connectivity index (χ0) is 19.8. The summed E-state index contributed by atoms with van der Waals surface area (Å²) in [6, 6.07) is 8.86. The molecule has 2 aromatic carbocycles. The van der Waals surface area contributed by atoms with Crippen molar-refractivity contribution >= 4 is 27.3 Å². The minimum Gasteiger partial charge on any atom is -0.497 e. The lowest BCUT2D eigenvalue weighted by molar-refractivity contribution is -0.119. The van der Waals surface area contributed by atoms with Gasteiger partial charge in [0.25, 0.3) is 15.9 Å². The van der Waals surface area contributed by atoms with Crippen molar-refractivity contribution < 1.29 is 22.3 Å². The van der Waals surface area contributed by atoms with Gasteiger partial charge in [-0.05, 0) is 55.8 Å². The number of methoxy groups -OCH3 is 1. The molecule has 2 aromatic rings. The number of rotatable bonds is 5. The molecule has 8 heteroatoms. The molecule has 1 aliphatic rings. The zero-order valence-corrected chi connectivity index (χ0v) is 16.2. The molecular weight excluding hydrogens is 371 g/mol. The first-order valence-electron chi connectivity index (χ1n) is 8.64. The van der Waals surface area contributed by atoms with E-state index < -0.39 is 21.9 Å². The highest BCUT2D eigenvalue weighted by atomic mass is 32.2. The third kappa shape index (κ3) is 3.14. The van der Waals surface area contributed by atoms with Gasteiger partial charge in [-0.1, -0.05) is 6.92 Å². The van der Waals surface area contributed by atoms with E-state index in [4.69, 9.17) is 4.74 Å². The van der Waals surface area contributed by atoms with Crippen LogP contribution in [0.25, 0.3) is 0 Å². The Morgan fingerprint density at radius 1 is 1.07 bits per heavy atom. The van der Waals surface area contributed by atoms with Gasteiger partial charge in [0.05, 0.1) is 23.4 Å². The molecule has 1 aliphatic heterocycles. The van der Waals surface area contributed by atoms with Gasteiger partial charge < -0.3 is 9.64 Å². The standard InChI is InChI=1S/C19H21FN2O4S/c1-4-16-19(23)21(5-2)18-12-13(20)6-11-17(18)22(16)27(24,25)15-9-7-14(26-3)8-10-15/h6-12,16H,4-5H2,1-3H3/t16-/m0/s1. The fraction of sp³-hybridized carbons (Fsp3) is 0.316. The molecule has 0 radical (unpaired) electrons. The second-order valence-electron chi connectivity index (χ2n) is 6.12. The molecule has 1 atom stereocenters. The van der Waals surface area contributed by atoms with E-state index in [0.717, 1.165) is 4.31 Å². The van der Waals surface area contributed by atoms with E-state index in [-0.39, 0.29) is 16.5 Å². The second-order valence-corrected chi connectivity index (χ2v) is 7.93. The third-order valence-electron chi connectivity index (χ3n) is 4.62. The van der Waals surface area contributed by atoms with Gasteiger partial charge in [0.15, 0.2) is 0 Å². The largest absolute Gasteiger partial charge is 0.497 e. The number of anilines is 2. The molecule has 0 aliphatic carbocycles. The van der Waals surface area contributed by atoms with Crippen LogP contribution in [0.4, 0.5) is 15.8 Å². The summed E-state index contributed by atoms with van der Waals surface area (Å²) in [7, 11) is -2.54. The fourth-order valence-electron chi connectivity index (χ4n) is 3.29. The first-order chi connectivity index (χ1) is 12.8. The van der Waals surface area contributed by atoms with E-state index in [9.17, 15) is 17.6 Å². The maximum Gasteiger partial charge on any atom is 0.265 e. The van der Waals surface area contributed by atoms with Gasteiger partial charge in [-0.3, -0.25) is 9.10 Å². The highest BCUT2D eigenvalue weighted by Gasteiger charge is 2.43. The summed E-state index contributed by atoms with van der Waals surface area (Å²) in [6.45, 7) is 3.84. The van der Waals surface area contributed by atoms with Gasteiger partial charge in [-0.25, -0.2) is 12.8 Å². The lowest BCUT2D eigenvalue weighted by Crippen LogP contribution is -2.55. The van der Waals surface area contributed by atoms with Crippen LogP contribution in [0.2, 0.25) is 0 Å². The first-order valence-corrected chi connectivity index (χ1v) is 10.1. The Morgan fingerprint density at radius 2 is 1.74 bits per heavy atom. The topological polar surface area (TPSA) is 66.9 Å². The summed E-state index contributed by atoms with van der Waals surface area (Å²) in [5.41, 5.74) is 0.546. The number of nitrogens with zero attached hydrogens (tertiary/aromatic N) is 2. The summed E-state index contributed by atoms with van der Waals surface area (Å²) in [5, 5.41) is 0. The summed E-state index contributed by atoms with van der Waals surface area (Å²) >= 11 is 0. The molecule has 0 bridgehead atoms. The van der Waals surface area contributed by atoms with Crippen LogP contribution in [-0.4, -0.2) is 34.0 Å². The molecule has 3 rings (SSSR count). The molecule has 0 spiro atoms. The van der Waals surface area contributed by atoms with Gasteiger partial charge in [-0.2, -0.15) is 0 Å². The SMILES string of the molecule is CC[C@H]1C(=O)N(CC)c2cc(F)ccc2N1S(=O)(=O)c1ccc(OC)cc1. The van der Waals surface area contributed by atoms with Crippen LogP contribution in [0.1, 0.15) is 20.3 Å². The van der Waals surface area contributed by atoms with E-state index in [1.807, 2.05) is 0 Å². The molecule has 0 N–H and O–H groups in total. The van der Waals surface area contributed by atoms with E-state index >= 15 is 0 Å². The lowest BCUT2D eigenvalue weighted by Gasteiger charge is -2.41. The minimum absolute atomic E-state index is 0.0368. The fourth-order valence-corrected chi connectivity index (χ4v) is 4.99. The Kier molecular flexibility index (Phi) is 5.10. The molecule has 0 saturated heterocycles. The van der Waals surface area contributed by atoms with Crippen LogP contribution in [-0.2, 0) is 14.8 Å². The van der Waals surface area contributed by atoms with Gasteiger partial charge in [0.2, 0.25) is 0 Å².